The summed E-state index contributed by atoms with van der Waals surface area (Å²) in [6.07, 6.45) is 0. The van der Waals surface area contributed by atoms with E-state index >= 15 is 0 Å². The highest BCUT2D eigenvalue weighted by Gasteiger charge is 2.36. The minimum Gasteiger partial charge on any atom is -0.489 e. The molecule has 0 N–H and O–H groups in total. The maximum Gasteiger partial charge on any atom is 0.397 e. The molecule has 0 unspecified atom stereocenters. The predicted octanol–water partition coefficient (Wildman–Crippen LogP) is 5.28. The lowest BCUT2D eigenvalue weighted by Crippen LogP contribution is -2.41. The van der Waals surface area contributed by atoms with Crippen molar-refractivity contribution in [3.8, 4) is 17.1 Å². The Kier molecular flexibility index (Phi) is 7.48. The van der Waals surface area contributed by atoms with E-state index < -0.39 is 14.3 Å². The minimum absolute atomic E-state index is 0.148. The van der Waals surface area contributed by atoms with Crippen LogP contribution in [0, 0.1) is 6.92 Å². The van der Waals surface area contributed by atoms with Crippen molar-refractivity contribution in [2.45, 2.75) is 52.8 Å². The number of hydrogen-bond donors (Lipinski definition) is 0. The van der Waals surface area contributed by atoms with Crippen molar-refractivity contribution in [2.24, 2.45) is 0 Å². The molecule has 2 aromatic rings. The van der Waals surface area contributed by atoms with E-state index in [0.29, 0.717) is 29.5 Å². The lowest BCUT2D eigenvalue weighted by Gasteiger charge is -2.36. The molecule has 0 saturated carbocycles. The van der Waals surface area contributed by atoms with Crippen LogP contribution in [0.5, 0.6) is 5.75 Å². The van der Waals surface area contributed by atoms with Crippen molar-refractivity contribution in [2.75, 3.05) is 19.8 Å². The number of aromatic nitrogens is 2. The molecule has 1 aromatic heterocycles. The second-order valence-corrected chi connectivity index (χ2v) is 13.4. The van der Waals surface area contributed by atoms with Crippen molar-refractivity contribution in [3.63, 3.8) is 0 Å². The van der Waals surface area contributed by atoms with Crippen LogP contribution in [0.3, 0.4) is 0 Å². The number of esters is 1. The van der Waals surface area contributed by atoms with Crippen molar-refractivity contribution >= 4 is 25.9 Å². The second-order valence-electron chi connectivity index (χ2n) is 8.20. The maximum atomic E-state index is 11.7. The van der Waals surface area contributed by atoms with Crippen LogP contribution >= 0.6 is 11.6 Å². The van der Waals surface area contributed by atoms with Crippen LogP contribution in [0.25, 0.3) is 11.4 Å². The number of carbonyl (C=O) groups excluding carboxylic acids is 1. The summed E-state index contributed by atoms with van der Waals surface area (Å²) in [5.41, 5.74) is 1.44. The van der Waals surface area contributed by atoms with E-state index in [1.807, 2.05) is 13.0 Å². The standard InChI is InChI=1S/C20H29ClN2O5Si/c1-8-25-19(24)18-22-17(23-28-18)14-11-13(2)16(15(21)12-14)26-9-10-27-29(6,7)20(3,4)5/h11-12H,8-10H2,1-7H3. The Morgan fingerprint density at radius 3 is 2.52 bits per heavy atom. The molecule has 29 heavy (non-hydrogen) atoms. The summed E-state index contributed by atoms with van der Waals surface area (Å²) in [6, 6.07) is 3.51. The van der Waals surface area contributed by atoms with Crippen LogP contribution in [0.4, 0.5) is 0 Å². The number of ether oxygens (including phenoxy) is 2. The number of carbonyl (C=O) groups is 1. The molecule has 0 spiro atoms. The van der Waals surface area contributed by atoms with E-state index in [2.05, 4.69) is 44.0 Å². The molecular formula is C20H29ClN2O5Si. The van der Waals surface area contributed by atoms with E-state index in [1.54, 1.807) is 13.0 Å². The highest BCUT2D eigenvalue weighted by atomic mass is 35.5. The molecule has 0 aliphatic carbocycles. The largest absolute Gasteiger partial charge is 0.489 e. The van der Waals surface area contributed by atoms with Crippen molar-refractivity contribution in [3.05, 3.63) is 28.6 Å². The summed E-state index contributed by atoms with van der Waals surface area (Å²) >= 11 is 6.41. The molecule has 0 atom stereocenters. The SMILES string of the molecule is CCOC(=O)c1nc(-c2cc(C)c(OCCO[Si](C)(C)C(C)(C)C)c(Cl)c2)no1. The molecule has 0 radical (unpaired) electrons. The van der Waals surface area contributed by atoms with Gasteiger partial charge in [0, 0.05) is 5.56 Å². The smallest absolute Gasteiger partial charge is 0.397 e. The van der Waals surface area contributed by atoms with Crippen LogP contribution in [0.15, 0.2) is 16.7 Å². The van der Waals surface area contributed by atoms with Gasteiger partial charge in [-0.2, -0.15) is 4.98 Å². The summed E-state index contributed by atoms with van der Waals surface area (Å²) < 4.78 is 21.8. The zero-order valence-electron chi connectivity index (χ0n) is 18.1. The van der Waals surface area contributed by atoms with Crippen molar-refractivity contribution in [1.82, 2.24) is 10.1 Å². The van der Waals surface area contributed by atoms with Gasteiger partial charge in [-0.05, 0) is 49.7 Å². The Labute approximate surface area is 177 Å². The summed E-state index contributed by atoms with van der Waals surface area (Å²) in [7, 11) is -1.81. The number of halogens is 1. The molecule has 0 amide bonds. The molecule has 7 nitrogen and oxygen atoms in total. The molecule has 0 bridgehead atoms. The number of rotatable bonds is 8. The fourth-order valence-electron chi connectivity index (χ4n) is 2.32. The molecule has 0 aliphatic heterocycles. The van der Waals surface area contributed by atoms with Crippen molar-refractivity contribution < 1.29 is 23.2 Å². The van der Waals surface area contributed by atoms with Crippen LogP contribution in [0.2, 0.25) is 23.2 Å². The summed E-state index contributed by atoms with van der Waals surface area (Å²) in [5, 5.41) is 4.40. The third-order valence-electron chi connectivity index (χ3n) is 4.96. The van der Waals surface area contributed by atoms with Gasteiger partial charge in [-0.1, -0.05) is 37.5 Å². The Morgan fingerprint density at radius 2 is 1.93 bits per heavy atom. The van der Waals surface area contributed by atoms with Crippen LogP contribution in [-0.2, 0) is 9.16 Å². The van der Waals surface area contributed by atoms with Gasteiger partial charge in [-0.25, -0.2) is 4.79 Å². The average molecular weight is 441 g/mol. The first-order chi connectivity index (χ1) is 13.5. The van der Waals surface area contributed by atoms with E-state index in [0.717, 1.165) is 5.56 Å². The third-order valence-corrected chi connectivity index (χ3v) is 9.78. The van der Waals surface area contributed by atoms with Crippen LogP contribution < -0.4 is 4.74 Å². The Morgan fingerprint density at radius 1 is 1.24 bits per heavy atom. The average Bonchev–Trinajstić information content (AvgIpc) is 3.09. The van der Waals surface area contributed by atoms with Gasteiger partial charge < -0.3 is 18.4 Å². The zero-order chi connectivity index (χ0) is 21.8. The van der Waals surface area contributed by atoms with E-state index in [-0.39, 0.29) is 23.4 Å². The molecule has 1 aromatic carbocycles. The van der Waals surface area contributed by atoms with Gasteiger partial charge >= 0.3 is 11.9 Å². The molecule has 160 valence electrons. The second kappa shape index (κ2) is 9.28. The topological polar surface area (TPSA) is 83.7 Å². The van der Waals surface area contributed by atoms with E-state index in [9.17, 15) is 4.79 Å². The van der Waals surface area contributed by atoms with Gasteiger partial charge in [-0.3, -0.25) is 0 Å². The van der Waals surface area contributed by atoms with Gasteiger partial charge in [0.1, 0.15) is 12.4 Å². The van der Waals surface area contributed by atoms with E-state index in [4.69, 9.17) is 30.0 Å². The Balaban J connectivity index is 2.05. The maximum absolute atomic E-state index is 11.7. The van der Waals surface area contributed by atoms with Gasteiger partial charge in [-0.15, -0.1) is 0 Å². The Bertz CT molecular complexity index is 838. The predicted molar refractivity (Wildman–Crippen MR) is 114 cm³/mol. The van der Waals surface area contributed by atoms with Crippen LogP contribution in [-0.4, -0.2) is 44.2 Å². The highest BCUT2D eigenvalue weighted by molar-refractivity contribution is 6.74. The molecule has 9 heteroatoms. The molecular weight excluding hydrogens is 412 g/mol. The minimum atomic E-state index is -1.81. The summed E-state index contributed by atoms with van der Waals surface area (Å²) in [5.74, 6) is -0.0105. The van der Waals surface area contributed by atoms with E-state index in [1.165, 1.54) is 0 Å². The van der Waals surface area contributed by atoms with Crippen molar-refractivity contribution in [1.29, 1.82) is 0 Å². The zero-order valence-corrected chi connectivity index (χ0v) is 19.8. The lowest BCUT2D eigenvalue weighted by atomic mass is 10.1. The molecule has 0 saturated heterocycles. The molecule has 1 heterocycles. The molecule has 2 rings (SSSR count). The quantitative estimate of drug-likeness (QED) is 0.313. The van der Waals surface area contributed by atoms with Crippen LogP contribution in [0.1, 0.15) is 43.9 Å². The fraction of sp³-hybridized carbons (Fsp3) is 0.550. The molecule has 0 aliphatic rings. The number of nitrogens with zero attached hydrogens (tertiary/aromatic N) is 2. The third kappa shape index (κ3) is 5.80. The number of hydrogen-bond acceptors (Lipinski definition) is 7. The highest BCUT2D eigenvalue weighted by Crippen LogP contribution is 2.37. The lowest BCUT2D eigenvalue weighted by molar-refractivity contribution is 0.0470. The summed E-state index contributed by atoms with van der Waals surface area (Å²) in [6.45, 7) is 15.7. The fourth-order valence-corrected chi connectivity index (χ4v) is 3.66. The number of aryl methyl sites for hydroxylation is 1. The first kappa shape index (κ1) is 23.4. The van der Waals surface area contributed by atoms with Gasteiger partial charge in [0.15, 0.2) is 8.32 Å². The van der Waals surface area contributed by atoms with Gasteiger partial charge in [0.25, 0.3) is 0 Å². The first-order valence-electron chi connectivity index (χ1n) is 9.54. The van der Waals surface area contributed by atoms with Gasteiger partial charge in [0.2, 0.25) is 5.82 Å². The first-order valence-corrected chi connectivity index (χ1v) is 12.8. The van der Waals surface area contributed by atoms with Gasteiger partial charge in [0.05, 0.1) is 18.2 Å². The summed E-state index contributed by atoms with van der Waals surface area (Å²) in [4.78, 5) is 15.8. The molecule has 0 fully saturated rings. The monoisotopic (exact) mass is 440 g/mol. The normalized spacial score (nSPS) is 12.1. The number of benzene rings is 1. The Hall–Kier alpha value is -1.90.